The fraction of sp³-hybridized carbons (Fsp3) is 0.800. The Labute approximate surface area is 69.9 Å². The van der Waals surface area contributed by atoms with Crippen LogP contribution in [0.4, 0.5) is 0 Å². The maximum atomic E-state index is 3.38. The van der Waals surface area contributed by atoms with E-state index in [4.69, 9.17) is 0 Å². The van der Waals surface area contributed by atoms with Crippen LogP contribution in [0.25, 0.3) is 0 Å². The van der Waals surface area contributed by atoms with E-state index < -0.39 is 0 Å². The molecule has 0 unspecified atom stereocenters. The molecule has 1 heteroatoms. The fourth-order valence-corrected chi connectivity index (χ4v) is 1.30. The predicted molar refractivity (Wildman–Crippen MR) is 49.7 cm³/mol. The molecule has 1 fully saturated rings. The van der Waals surface area contributed by atoms with Crippen LogP contribution in [0.1, 0.15) is 39.0 Å². The molecule has 1 saturated carbocycles. The van der Waals surface area contributed by atoms with Gasteiger partial charge >= 0.3 is 0 Å². The lowest BCUT2D eigenvalue weighted by Gasteiger charge is -2.09. The number of unbranched alkanes of at least 4 members (excludes halogenated alkanes) is 1. The van der Waals surface area contributed by atoms with Crippen molar-refractivity contribution in [2.75, 3.05) is 7.05 Å². The Morgan fingerprint density at radius 1 is 1.36 bits per heavy atom. The standard InChI is InChI=1S/C10H19N/c1-3-4-5-6-7-10(11-2)8-9-10/h5-6,11H,3-4,7-9H2,1-2H3/b6-5+. The highest BCUT2D eigenvalue weighted by Crippen LogP contribution is 2.38. The number of hydrogen-bond donors (Lipinski definition) is 1. The Balaban J connectivity index is 2.11. The summed E-state index contributed by atoms with van der Waals surface area (Å²) < 4.78 is 0. The first-order valence-corrected chi connectivity index (χ1v) is 4.67. The van der Waals surface area contributed by atoms with E-state index in [1.807, 2.05) is 0 Å². The van der Waals surface area contributed by atoms with E-state index in [9.17, 15) is 0 Å². The highest BCUT2D eigenvalue weighted by atomic mass is 15.0. The molecule has 0 aliphatic heterocycles. The molecule has 1 N–H and O–H groups in total. The van der Waals surface area contributed by atoms with Crippen molar-refractivity contribution >= 4 is 0 Å². The van der Waals surface area contributed by atoms with Crippen molar-refractivity contribution in [2.45, 2.75) is 44.6 Å². The van der Waals surface area contributed by atoms with Crippen molar-refractivity contribution in [1.29, 1.82) is 0 Å². The summed E-state index contributed by atoms with van der Waals surface area (Å²) in [5.41, 5.74) is 0.504. The lowest BCUT2D eigenvalue weighted by Crippen LogP contribution is -2.25. The highest BCUT2D eigenvalue weighted by molar-refractivity contribution is 5.06. The van der Waals surface area contributed by atoms with Gasteiger partial charge in [0, 0.05) is 5.54 Å². The molecule has 1 rings (SSSR count). The van der Waals surface area contributed by atoms with E-state index in [1.165, 1.54) is 32.1 Å². The molecule has 0 saturated heterocycles. The first-order chi connectivity index (χ1) is 5.33. The monoisotopic (exact) mass is 153 g/mol. The van der Waals surface area contributed by atoms with Gasteiger partial charge in [-0.25, -0.2) is 0 Å². The minimum Gasteiger partial charge on any atom is -0.314 e. The molecule has 0 atom stereocenters. The van der Waals surface area contributed by atoms with Gasteiger partial charge in [0.25, 0.3) is 0 Å². The summed E-state index contributed by atoms with van der Waals surface area (Å²) in [5.74, 6) is 0. The average molecular weight is 153 g/mol. The van der Waals surface area contributed by atoms with Crippen LogP contribution in [-0.4, -0.2) is 12.6 Å². The van der Waals surface area contributed by atoms with Gasteiger partial charge in [-0.1, -0.05) is 25.5 Å². The quantitative estimate of drug-likeness (QED) is 0.598. The van der Waals surface area contributed by atoms with Crippen LogP contribution in [0.2, 0.25) is 0 Å². The summed E-state index contributed by atoms with van der Waals surface area (Å²) in [6, 6.07) is 0. The Morgan fingerprint density at radius 2 is 2.09 bits per heavy atom. The van der Waals surface area contributed by atoms with Crippen molar-refractivity contribution in [2.24, 2.45) is 0 Å². The van der Waals surface area contributed by atoms with E-state index in [1.54, 1.807) is 0 Å². The molecule has 0 aromatic rings. The van der Waals surface area contributed by atoms with Gasteiger partial charge in [0.15, 0.2) is 0 Å². The molecule has 0 spiro atoms. The summed E-state index contributed by atoms with van der Waals surface area (Å²) in [6.07, 6.45) is 11.1. The van der Waals surface area contributed by atoms with Gasteiger partial charge in [0.1, 0.15) is 0 Å². The SMILES string of the molecule is CCC/C=C/CC1(NC)CC1. The number of allylic oxidation sites excluding steroid dienone is 1. The molecule has 0 aromatic carbocycles. The molecule has 1 aliphatic carbocycles. The lowest BCUT2D eigenvalue weighted by atomic mass is 10.1. The van der Waals surface area contributed by atoms with Crippen molar-refractivity contribution in [3.8, 4) is 0 Å². The Hall–Kier alpha value is -0.300. The summed E-state index contributed by atoms with van der Waals surface area (Å²) in [4.78, 5) is 0. The fourth-order valence-electron chi connectivity index (χ4n) is 1.30. The Bertz CT molecular complexity index is 134. The largest absolute Gasteiger partial charge is 0.314 e. The van der Waals surface area contributed by atoms with E-state index in [2.05, 4.69) is 31.4 Å². The summed E-state index contributed by atoms with van der Waals surface area (Å²) in [6.45, 7) is 2.22. The van der Waals surface area contributed by atoms with Crippen molar-refractivity contribution in [3.05, 3.63) is 12.2 Å². The smallest absolute Gasteiger partial charge is 0.0214 e. The molecule has 1 aliphatic rings. The first-order valence-electron chi connectivity index (χ1n) is 4.67. The molecule has 0 aromatic heterocycles. The molecular weight excluding hydrogens is 134 g/mol. The highest BCUT2D eigenvalue weighted by Gasteiger charge is 2.39. The third kappa shape index (κ3) is 2.66. The summed E-state index contributed by atoms with van der Waals surface area (Å²) >= 11 is 0. The third-order valence-electron chi connectivity index (χ3n) is 2.51. The van der Waals surface area contributed by atoms with Crippen molar-refractivity contribution in [1.82, 2.24) is 5.32 Å². The van der Waals surface area contributed by atoms with E-state index >= 15 is 0 Å². The summed E-state index contributed by atoms with van der Waals surface area (Å²) in [7, 11) is 2.07. The summed E-state index contributed by atoms with van der Waals surface area (Å²) in [5, 5.41) is 3.38. The minimum absolute atomic E-state index is 0.504. The van der Waals surface area contributed by atoms with Crippen LogP contribution in [0, 0.1) is 0 Å². The van der Waals surface area contributed by atoms with Crippen molar-refractivity contribution < 1.29 is 0 Å². The zero-order chi connectivity index (χ0) is 8.16. The molecule has 0 amide bonds. The minimum atomic E-state index is 0.504. The van der Waals surface area contributed by atoms with Gasteiger partial charge in [-0.3, -0.25) is 0 Å². The van der Waals surface area contributed by atoms with E-state index in [0.717, 1.165) is 0 Å². The van der Waals surface area contributed by atoms with Gasteiger partial charge in [-0.2, -0.15) is 0 Å². The molecule has 0 radical (unpaired) electrons. The van der Waals surface area contributed by atoms with Crippen LogP contribution in [0.5, 0.6) is 0 Å². The van der Waals surface area contributed by atoms with Crippen LogP contribution in [0.3, 0.4) is 0 Å². The van der Waals surface area contributed by atoms with Crippen LogP contribution in [-0.2, 0) is 0 Å². The molecular formula is C10H19N. The first kappa shape index (κ1) is 8.79. The predicted octanol–water partition coefficient (Wildman–Crippen LogP) is 2.48. The van der Waals surface area contributed by atoms with Gasteiger partial charge in [0.2, 0.25) is 0 Å². The second-order valence-electron chi connectivity index (χ2n) is 3.49. The van der Waals surface area contributed by atoms with Gasteiger partial charge < -0.3 is 5.32 Å². The third-order valence-corrected chi connectivity index (χ3v) is 2.51. The average Bonchev–Trinajstić information content (AvgIpc) is 2.80. The van der Waals surface area contributed by atoms with E-state index in [-0.39, 0.29) is 0 Å². The molecule has 11 heavy (non-hydrogen) atoms. The zero-order valence-electron chi connectivity index (χ0n) is 7.69. The normalized spacial score (nSPS) is 20.9. The Kier molecular flexibility index (Phi) is 3.13. The molecule has 64 valence electrons. The second-order valence-corrected chi connectivity index (χ2v) is 3.49. The van der Waals surface area contributed by atoms with E-state index in [0.29, 0.717) is 5.54 Å². The van der Waals surface area contributed by atoms with Gasteiger partial charge in [-0.05, 0) is 32.7 Å². The topological polar surface area (TPSA) is 12.0 Å². The zero-order valence-corrected chi connectivity index (χ0v) is 7.69. The number of hydrogen-bond acceptors (Lipinski definition) is 1. The number of nitrogens with one attached hydrogen (secondary N) is 1. The van der Waals surface area contributed by atoms with Crippen LogP contribution < -0.4 is 5.32 Å². The molecule has 1 nitrogen and oxygen atoms in total. The molecule has 0 bridgehead atoms. The Morgan fingerprint density at radius 3 is 2.55 bits per heavy atom. The van der Waals surface area contributed by atoms with Gasteiger partial charge in [0.05, 0.1) is 0 Å². The lowest BCUT2D eigenvalue weighted by molar-refractivity contribution is 0.558. The second kappa shape index (κ2) is 3.91. The number of rotatable bonds is 5. The van der Waals surface area contributed by atoms with Crippen LogP contribution >= 0.6 is 0 Å². The van der Waals surface area contributed by atoms with Crippen LogP contribution in [0.15, 0.2) is 12.2 Å². The molecule has 0 heterocycles. The van der Waals surface area contributed by atoms with Gasteiger partial charge in [-0.15, -0.1) is 0 Å². The maximum absolute atomic E-state index is 3.38. The van der Waals surface area contributed by atoms with Crippen molar-refractivity contribution in [3.63, 3.8) is 0 Å². The maximum Gasteiger partial charge on any atom is 0.0214 e.